The van der Waals surface area contributed by atoms with E-state index in [4.69, 9.17) is 4.74 Å². The molecular formula is C21H24N6O5. The van der Waals surface area contributed by atoms with Crippen molar-refractivity contribution in [3.05, 3.63) is 68.3 Å². The van der Waals surface area contributed by atoms with Crippen LogP contribution in [0.15, 0.2) is 24.3 Å². The van der Waals surface area contributed by atoms with Crippen molar-refractivity contribution in [2.45, 2.75) is 40.8 Å². The zero-order valence-corrected chi connectivity index (χ0v) is 18.5. The van der Waals surface area contributed by atoms with Crippen LogP contribution in [0.3, 0.4) is 0 Å². The highest BCUT2D eigenvalue weighted by atomic mass is 16.6. The summed E-state index contributed by atoms with van der Waals surface area (Å²) in [6, 6.07) is 7.08. The number of hydrogen-bond donors (Lipinski definition) is 1. The van der Waals surface area contributed by atoms with Gasteiger partial charge < -0.3 is 10.1 Å². The third kappa shape index (κ3) is 4.36. The fourth-order valence-corrected chi connectivity index (χ4v) is 3.58. The first-order valence-corrected chi connectivity index (χ1v) is 9.82. The van der Waals surface area contributed by atoms with Gasteiger partial charge >= 0.3 is 11.7 Å². The van der Waals surface area contributed by atoms with Gasteiger partial charge in [-0.2, -0.15) is 10.2 Å². The van der Waals surface area contributed by atoms with Crippen molar-refractivity contribution in [1.82, 2.24) is 19.6 Å². The molecule has 0 saturated heterocycles. The Morgan fingerprint density at radius 3 is 2.34 bits per heavy atom. The Bertz CT molecular complexity index is 1210. The number of aromatic nitrogens is 4. The molecule has 32 heavy (non-hydrogen) atoms. The molecule has 3 aromatic rings. The Morgan fingerprint density at radius 1 is 1.06 bits per heavy atom. The van der Waals surface area contributed by atoms with Crippen molar-refractivity contribution < 1.29 is 19.2 Å². The molecule has 0 aliphatic heterocycles. The van der Waals surface area contributed by atoms with E-state index in [2.05, 4.69) is 15.5 Å². The van der Waals surface area contributed by atoms with Crippen molar-refractivity contribution in [3.8, 4) is 0 Å². The van der Waals surface area contributed by atoms with Gasteiger partial charge in [0.15, 0.2) is 0 Å². The van der Waals surface area contributed by atoms with Crippen LogP contribution >= 0.6 is 0 Å². The molecule has 0 spiro atoms. The average Bonchev–Trinajstić information content (AvgIpc) is 3.17. The molecule has 11 heteroatoms. The first kappa shape index (κ1) is 22.7. The molecule has 0 atom stereocenters. The zero-order valence-electron chi connectivity index (χ0n) is 18.5. The first-order chi connectivity index (χ1) is 15.1. The lowest BCUT2D eigenvalue weighted by atomic mass is 10.1. The maximum absolute atomic E-state index is 12.6. The lowest BCUT2D eigenvalue weighted by Crippen LogP contribution is -2.21. The van der Waals surface area contributed by atoms with Gasteiger partial charge in [0.2, 0.25) is 5.91 Å². The number of hydrogen-bond acceptors (Lipinski definition) is 7. The number of nitro groups is 1. The number of anilines is 1. The van der Waals surface area contributed by atoms with Crippen LogP contribution in [0.4, 0.5) is 11.4 Å². The van der Waals surface area contributed by atoms with Crippen molar-refractivity contribution in [3.63, 3.8) is 0 Å². The van der Waals surface area contributed by atoms with Gasteiger partial charge in [0, 0.05) is 0 Å². The molecule has 11 nitrogen and oxygen atoms in total. The summed E-state index contributed by atoms with van der Waals surface area (Å²) in [5.41, 5.74) is 3.50. The normalized spacial score (nSPS) is 10.8. The van der Waals surface area contributed by atoms with E-state index < -0.39 is 10.9 Å². The smallest absolute Gasteiger partial charge is 0.338 e. The Hall–Kier alpha value is -4.02. The molecule has 3 rings (SSSR count). The van der Waals surface area contributed by atoms with Gasteiger partial charge in [-0.15, -0.1) is 0 Å². The molecule has 2 heterocycles. The molecule has 1 N–H and O–H groups in total. The van der Waals surface area contributed by atoms with Crippen LogP contribution in [0.5, 0.6) is 0 Å². The first-order valence-electron chi connectivity index (χ1n) is 9.82. The number of benzene rings is 1. The van der Waals surface area contributed by atoms with E-state index in [1.165, 1.54) is 18.7 Å². The highest BCUT2D eigenvalue weighted by molar-refractivity contribution is 5.92. The number of ether oxygens (including phenoxy) is 1. The number of rotatable bonds is 7. The van der Waals surface area contributed by atoms with Gasteiger partial charge in [0.25, 0.3) is 0 Å². The molecule has 0 aliphatic carbocycles. The van der Waals surface area contributed by atoms with E-state index in [-0.39, 0.29) is 23.8 Å². The number of carbonyl (C=O) groups excluding carboxylic acids is 2. The van der Waals surface area contributed by atoms with Crippen LogP contribution in [0, 0.1) is 37.8 Å². The minimum Gasteiger partial charge on any atom is -0.465 e. The molecule has 0 fully saturated rings. The number of aryl methyl sites for hydroxylation is 2. The second-order valence-electron chi connectivity index (χ2n) is 7.33. The molecule has 0 bridgehead atoms. The predicted molar refractivity (Wildman–Crippen MR) is 116 cm³/mol. The average molecular weight is 440 g/mol. The number of nitrogens with zero attached hydrogens (tertiary/aromatic N) is 5. The highest BCUT2D eigenvalue weighted by Crippen LogP contribution is 2.24. The molecule has 168 valence electrons. The van der Waals surface area contributed by atoms with Crippen LogP contribution in [0.1, 0.15) is 38.7 Å². The summed E-state index contributed by atoms with van der Waals surface area (Å²) in [5, 5.41) is 22.6. The number of carbonyl (C=O) groups is 2. The van der Waals surface area contributed by atoms with Crippen LogP contribution in [0.25, 0.3) is 0 Å². The summed E-state index contributed by atoms with van der Waals surface area (Å²) in [6.45, 7) is 6.81. The summed E-state index contributed by atoms with van der Waals surface area (Å²) < 4.78 is 7.85. The van der Waals surface area contributed by atoms with E-state index in [0.29, 0.717) is 34.9 Å². The third-order valence-corrected chi connectivity index (χ3v) is 5.21. The Labute approximate surface area is 184 Å². The van der Waals surface area contributed by atoms with Gasteiger partial charge in [0.05, 0.1) is 41.2 Å². The molecule has 2 aromatic heterocycles. The minimum atomic E-state index is -0.503. The van der Waals surface area contributed by atoms with Crippen LogP contribution in [-0.4, -0.2) is 43.5 Å². The zero-order chi connectivity index (χ0) is 23.6. The van der Waals surface area contributed by atoms with Crippen LogP contribution in [-0.2, 0) is 22.6 Å². The summed E-state index contributed by atoms with van der Waals surface area (Å²) >= 11 is 0. The van der Waals surface area contributed by atoms with E-state index in [1.54, 1.807) is 30.7 Å². The van der Waals surface area contributed by atoms with E-state index in [0.717, 1.165) is 5.56 Å². The Kier molecular flexibility index (Phi) is 6.37. The molecule has 1 aromatic carbocycles. The maximum atomic E-state index is 12.6. The standard InChI is InChI=1S/C21H24N6O5/c1-12-19(22-18(28)11-26-15(4)20(27(30)31)13(2)24-26)14(3)25(23-12)10-16-8-6-7-9-17(16)21(29)32-5/h6-9H,10-11H2,1-5H3,(H,22,28). The summed E-state index contributed by atoms with van der Waals surface area (Å²) in [4.78, 5) is 35.3. The minimum absolute atomic E-state index is 0.0951. The lowest BCUT2D eigenvalue weighted by Gasteiger charge is -2.10. The molecule has 0 aliphatic rings. The van der Waals surface area contributed by atoms with Crippen molar-refractivity contribution in [2.24, 2.45) is 0 Å². The maximum Gasteiger partial charge on any atom is 0.338 e. The van der Waals surface area contributed by atoms with Gasteiger partial charge in [0.1, 0.15) is 17.9 Å². The Balaban J connectivity index is 1.80. The largest absolute Gasteiger partial charge is 0.465 e. The summed E-state index contributed by atoms with van der Waals surface area (Å²) in [7, 11) is 1.33. The molecule has 0 unspecified atom stereocenters. The number of amides is 1. The van der Waals surface area contributed by atoms with E-state index in [9.17, 15) is 19.7 Å². The second-order valence-corrected chi connectivity index (χ2v) is 7.33. The summed E-state index contributed by atoms with van der Waals surface area (Å²) in [6.07, 6.45) is 0. The Morgan fingerprint density at radius 2 is 1.72 bits per heavy atom. The second kappa shape index (κ2) is 9.00. The van der Waals surface area contributed by atoms with E-state index >= 15 is 0 Å². The molecular weight excluding hydrogens is 416 g/mol. The fraction of sp³-hybridized carbons (Fsp3) is 0.333. The van der Waals surface area contributed by atoms with Gasteiger partial charge in [-0.05, 0) is 39.3 Å². The highest BCUT2D eigenvalue weighted by Gasteiger charge is 2.23. The van der Waals surface area contributed by atoms with Gasteiger partial charge in [-0.25, -0.2) is 4.79 Å². The van der Waals surface area contributed by atoms with Gasteiger partial charge in [-0.3, -0.25) is 24.3 Å². The van der Waals surface area contributed by atoms with Crippen LogP contribution < -0.4 is 5.32 Å². The van der Waals surface area contributed by atoms with Gasteiger partial charge in [-0.1, -0.05) is 18.2 Å². The third-order valence-electron chi connectivity index (χ3n) is 5.21. The van der Waals surface area contributed by atoms with Crippen molar-refractivity contribution >= 4 is 23.3 Å². The predicted octanol–water partition coefficient (Wildman–Crippen LogP) is 2.70. The monoisotopic (exact) mass is 440 g/mol. The van der Waals surface area contributed by atoms with E-state index in [1.807, 2.05) is 19.1 Å². The lowest BCUT2D eigenvalue weighted by molar-refractivity contribution is -0.386. The topological polar surface area (TPSA) is 134 Å². The SMILES string of the molecule is COC(=O)c1ccccc1Cn1nc(C)c(NC(=O)Cn2nc(C)c([N+](=O)[O-])c2C)c1C. The number of esters is 1. The number of methoxy groups -OCH3 is 1. The number of nitrogens with one attached hydrogen (secondary N) is 1. The van der Waals surface area contributed by atoms with Crippen molar-refractivity contribution in [1.29, 1.82) is 0 Å². The fourth-order valence-electron chi connectivity index (χ4n) is 3.58. The summed E-state index contributed by atoms with van der Waals surface area (Å²) in [5.74, 6) is -0.819. The molecule has 1 amide bonds. The molecule has 0 radical (unpaired) electrons. The van der Waals surface area contributed by atoms with Crippen LogP contribution in [0.2, 0.25) is 0 Å². The van der Waals surface area contributed by atoms with Crippen molar-refractivity contribution in [2.75, 3.05) is 12.4 Å². The molecule has 0 saturated carbocycles. The quantitative estimate of drug-likeness (QED) is 0.339.